The van der Waals surface area contributed by atoms with Gasteiger partial charge in [0.2, 0.25) is 11.7 Å². The third-order valence-electron chi connectivity index (χ3n) is 5.48. The molecule has 3 aliphatic heterocycles. The van der Waals surface area contributed by atoms with Gasteiger partial charge in [0.15, 0.2) is 0 Å². The maximum Gasteiger partial charge on any atom is 0.292 e. The molecule has 0 unspecified atom stereocenters. The summed E-state index contributed by atoms with van der Waals surface area (Å²) >= 11 is 0. The second-order valence-corrected chi connectivity index (χ2v) is 7.32. The minimum absolute atomic E-state index is 0.0243. The molecule has 9 nitrogen and oxygen atoms in total. The van der Waals surface area contributed by atoms with Gasteiger partial charge in [-0.05, 0) is 26.2 Å². The predicted octanol–water partition coefficient (Wildman–Crippen LogP) is 1.30. The van der Waals surface area contributed by atoms with Gasteiger partial charge in [-0.25, -0.2) is 4.68 Å². The van der Waals surface area contributed by atoms with Crippen molar-refractivity contribution >= 4 is 17.6 Å². The van der Waals surface area contributed by atoms with Crippen LogP contribution < -0.4 is 5.32 Å². The van der Waals surface area contributed by atoms with E-state index in [2.05, 4.69) is 10.4 Å². The number of aromatic nitrogens is 2. The minimum atomic E-state index is -0.120. The first kappa shape index (κ1) is 18.8. The van der Waals surface area contributed by atoms with Crippen molar-refractivity contribution in [2.45, 2.75) is 32.2 Å². The van der Waals surface area contributed by atoms with Crippen molar-refractivity contribution < 1.29 is 23.8 Å². The van der Waals surface area contributed by atoms with Gasteiger partial charge in [-0.3, -0.25) is 9.59 Å². The zero-order chi connectivity index (χ0) is 19.5. The van der Waals surface area contributed by atoms with E-state index >= 15 is 0 Å². The predicted molar refractivity (Wildman–Crippen MR) is 99.2 cm³/mol. The number of hydrogen-bond donors (Lipinski definition) is 1. The topological polar surface area (TPSA) is 94.9 Å². The van der Waals surface area contributed by atoms with E-state index < -0.39 is 0 Å². The zero-order valence-corrected chi connectivity index (χ0v) is 16.1. The summed E-state index contributed by atoms with van der Waals surface area (Å²) < 4.78 is 18.1. The van der Waals surface area contributed by atoms with Gasteiger partial charge >= 0.3 is 0 Å². The SMILES string of the molecule is CC1=C(C(=O)N2CCC(n3nccc3NC(=O)[C@H]3CCOC3)CC2)OCCO1. The number of nitrogens with zero attached hydrogens (tertiary/aromatic N) is 3. The van der Waals surface area contributed by atoms with E-state index in [1.807, 2.05) is 10.7 Å². The maximum absolute atomic E-state index is 12.7. The van der Waals surface area contributed by atoms with Gasteiger partial charge in [0.05, 0.1) is 24.8 Å². The zero-order valence-electron chi connectivity index (χ0n) is 16.1. The highest BCUT2D eigenvalue weighted by atomic mass is 16.6. The van der Waals surface area contributed by atoms with Crippen LogP contribution in [0.15, 0.2) is 23.8 Å². The summed E-state index contributed by atoms with van der Waals surface area (Å²) in [5.41, 5.74) is 0. The Morgan fingerprint density at radius 3 is 2.64 bits per heavy atom. The minimum Gasteiger partial charge on any atom is -0.491 e. The fourth-order valence-corrected chi connectivity index (χ4v) is 3.85. The van der Waals surface area contributed by atoms with E-state index in [-0.39, 0.29) is 23.8 Å². The van der Waals surface area contributed by atoms with E-state index in [0.29, 0.717) is 56.9 Å². The summed E-state index contributed by atoms with van der Waals surface area (Å²) in [6.45, 7) is 4.95. The lowest BCUT2D eigenvalue weighted by molar-refractivity contribution is -0.134. The molecule has 2 amide bonds. The average Bonchev–Trinajstić information content (AvgIpc) is 3.40. The van der Waals surface area contributed by atoms with Gasteiger partial charge in [0, 0.05) is 25.8 Å². The van der Waals surface area contributed by atoms with Crippen LogP contribution in [-0.2, 0) is 23.8 Å². The Hall–Kier alpha value is -2.55. The van der Waals surface area contributed by atoms with E-state index in [1.165, 1.54) is 0 Å². The van der Waals surface area contributed by atoms with Gasteiger partial charge in [-0.15, -0.1) is 0 Å². The van der Waals surface area contributed by atoms with Crippen molar-refractivity contribution in [3.63, 3.8) is 0 Å². The third-order valence-corrected chi connectivity index (χ3v) is 5.48. The number of likely N-dealkylation sites (tertiary alicyclic amines) is 1. The summed E-state index contributed by atoms with van der Waals surface area (Å²) in [6.07, 6.45) is 3.97. The molecule has 0 aromatic carbocycles. The van der Waals surface area contributed by atoms with Gasteiger partial charge in [0.25, 0.3) is 5.91 Å². The molecule has 0 aliphatic carbocycles. The molecule has 0 radical (unpaired) electrons. The Bertz CT molecular complexity index is 760. The van der Waals surface area contributed by atoms with Crippen molar-refractivity contribution in [3.8, 4) is 0 Å². The Morgan fingerprint density at radius 2 is 1.93 bits per heavy atom. The lowest BCUT2D eigenvalue weighted by Crippen LogP contribution is -2.41. The van der Waals surface area contributed by atoms with Crippen molar-refractivity contribution in [1.29, 1.82) is 0 Å². The molecule has 1 atom stereocenters. The summed E-state index contributed by atoms with van der Waals surface area (Å²) in [5, 5.41) is 7.38. The Balaban J connectivity index is 1.36. The molecule has 0 spiro atoms. The second kappa shape index (κ2) is 8.22. The number of ether oxygens (including phenoxy) is 3. The lowest BCUT2D eigenvalue weighted by Gasteiger charge is -2.33. The monoisotopic (exact) mass is 390 g/mol. The highest BCUT2D eigenvalue weighted by Crippen LogP contribution is 2.27. The average molecular weight is 390 g/mol. The molecule has 152 valence electrons. The number of amides is 2. The highest BCUT2D eigenvalue weighted by molar-refractivity contribution is 5.92. The molecule has 2 fully saturated rings. The molecule has 3 aliphatic rings. The maximum atomic E-state index is 12.7. The molecule has 0 bridgehead atoms. The van der Waals surface area contributed by atoms with Crippen molar-refractivity contribution in [2.24, 2.45) is 5.92 Å². The summed E-state index contributed by atoms with van der Waals surface area (Å²) in [5.74, 6) is 1.32. The summed E-state index contributed by atoms with van der Waals surface area (Å²) in [6, 6.07) is 1.94. The fraction of sp³-hybridized carbons (Fsp3) is 0.632. The number of carbonyl (C=O) groups is 2. The molecule has 28 heavy (non-hydrogen) atoms. The van der Waals surface area contributed by atoms with Crippen LogP contribution in [0.1, 0.15) is 32.2 Å². The van der Waals surface area contributed by atoms with Gasteiger partial charge in [0.1, 0.15) is 24.8 Å². The van der Waals surface area contributed by atoms with Crippen LogP contribution in [0, 0.1) is 5.92 Å². The number of piperidine rings is 1. The first-order chi connectivity index (χ1) is 13.6. The number of allylic oxidation sites excluding steroid dienone is 1. The van der Waals surface area contributed by atoms with Crippen molar-refractivity contribution in [1.82, 2.24) is 14.7 Å². The normalized spacial score (nSPS) is 23.3. The number of nitrogens with one attached hydrogen (secondary N) is 1. The van der Waals surface area contributed by atoms with Gasteiger partial charge < -0.3 is 24.4 Å². The fourth-order valence-electron chi connectivity index (χ4n) is 3.85. The van der Waals surface area contributed by atoms with Crippen molar-refractivity contribution in [2.75, 3.05) is 44.8 Å². The second-order valence-electron chi connectivity index (χ2n) is 7.32. The first-order valence-corrected chi connectivity index (χ1v) is 9.81. The summed E-state index contributed by atoms with van der Waals surface area (Å²) in [7, 11) is 0. The third kappa shape index (κ3) is 3.84. The van der Waals surface area contributed by atoms with Crippen LogP contribution in [0.3, 0.4) is 0 Å². The Morgan fingerprint density at radius 1 is 1.14 bits per heavy atom. The molecule has 4 rings (SSSR count). The number of rotatable bonds is 4. The van der Waals surface area contributed by atoms with Crippen LogP contribution in [0.25, 0.3) is 0 Å². The van der Waals surface area contributed by atoms with Crippen LogP contribution >= 0.6 is 0 Å². The molecule has 2 saturated heterocycles. The van der Waals surface area contributed by atoms with E-state index in [9.17, 15) is 9.59 Å². The Labute approximate surface area is 163 Å². The van der Waals surface area contributed by atoms with Gasteiger partial charge in [-0.1, -0.05) is 0 Å². The van der Waals surface area contributed by atoms with E-state index in [0.717, 1.165) is 19.3 Å². The van der Waals surface area contributed by atoms with Crippen LogP contribution in [0.4, 0.5) is 5.82 Å². The smallest absolute Gasteiger partial charge is 0.292 e. The number of carbonyl (C=O) groups excluding carboxylic acids is 2. The largest absolute Gasteiger partial charge is 0.491 e. The van der Waals surface area contributed by atoms with E-state index in [1.54, 1.807) is 18.0 Å². The van der Waals surface area contributed by atoms with Crippen LogP contribution in [0.2, 0.25) is 0 Å². The first-order valence-electron chi connectivity index (χ1n) is 9.81. The standard InChI is InChI=1S/C19H26N4O5/c1-13-17(28-11-10-27-13)19(25)22-7-3-15(4-8-22)23-16(2-6-20-23)21-18(24)14-5-9-26-12-14/h2,6,14-15H,3-5,7-12H2,1H3,(H,21,24)/t14-/m0/s1. The van der Waals surface area contributed by atoms with Crippen LogP contribution in [-0.4, -0.2) is 66.0 Å². The number of anilines is 1. The molecule has 0 saturated carbocycles. The molecular weight excluding hydrogens is 364 g/mol. The molecule has 1 N–H and O–H groups in total. The molecular formula is C19H26N4O5. The molecule has 1 aromatic rings. The molecule has 9 heteroatoms. The highest BCUT2D eigenvalue weighted by Gasteiger charge is 2.31. The van der Waals surface area contributed by atoms with Crippen molar-refractivity contribution in [3.05, 3.63) is 23.8 Å². The molecule has 4 heterocycles. The quantitative estimate of drug-likeness (QED) is 0.833. The Kier molecular flexibility index (Phi) is 5.52. The number of hydrogen-bond acceptors (Lipinski definition) is 6. The van der Waals surface area contributed by atoms with Gasteiger partial charge in [-0.2, -0.15) is 5.10 Å². The lowest BCUT2D eigenvalue weighted by atomic mass is 10.0. The molecule has 1 aromatic heterocycles. The van der Waals surface area contributed by atoms with E-state index in [4.69, 9.17) is 14.2 Å². The van der Waals surface area contributed by atoms with Crippen LogP contribution in [0.5, 0.6) is 0 Å². The summed E-state index contributed by atoms with van der Waals surface area (Å²) in [4.78, 5) is 26.9.